The lowest BCUT2D eigenvalue weighted by atomic mass is 10.2. The van der Waals surface area contributed by atoms with Gasteiger partial charge in [-0.25, -0.2) is 0 Å². The van der Waals surface area contributed by atoms with Crippen molar-refractivity contribution in [1.82, 2.24) is 4.98 Å². The summed E-state index contributed by atoms with van der Waals surface area (Å²) in [7, 11) is 0. The Labute approximate surface area is 133 Å². The highest BCUT2D eigenvalue weighted by molar-refractivity contribution is 5.84. The number of rotatable bonds is 3. The molecule has 4 nitrogen and oxygen atoms in total. The Morgan fingerprint density at radius 3 is 2.48 bits per heavy atom. The maximum Gasteiger partial charge on any atom is 0.195 e. The number of nitrogens with two attached hydrogens (primary N) is 1. The van der Waals surface area contributed by atoms with Crippen molar-refractivity contribution in [2.75, 3.05) is 5.73 Å². The van der Waals surface area contributed by atoms with Crippen molar-refractivity contribution < 1.29 is 9.15 Å². The van der Waals surface area contributed by atoms with Gasteiger partial charge in [0.15, 0.2) is 11.3 Å². The summed E-state index contributed by atoms with van der Waals surface area (Å²) in [6, 6.07) is 20.9. The molecule has 0 aliphatic heterocycles. The van der Waals surface area contributed by atoms with Gasteiger partial charge in [-0.1, -0.05) is 30.3 Å². The summed E-state index contributed by atoms with van der Waals surface area (Å²) in [5.74, 6) is 2.09. The predicted molar refractivity (Wildman–Crippen MR) is 90.4 cm³/mol. The molecule has 0 atom stereocenters. The Hall–Kier alpha value is -3.27. The lowest BCUT2D eigenvalue weighted by molar-refractivity contribution is 0.473. The first-order valence-electron chi connectivity index (χ1n) is 7.27. The van der Waals surface area contributed by atoms with Crippen LogP contribution in [0.2, 0.25) is 0 Å². The molecule has 2 aromatic heterocycles. The van der Waals surface area contributed by atoms with Crippen molar-refractivity contribution in [2.45, 2.75) is 0 Å². The third-order valence-corrected chi connectivity index (χ3v) is 3.54. The average molecular weight is 302 g/mol. The molecule has 0 bridgehead atoms. The van der Waals surface area contributed by atoms with E-state index in [1.807, 2.05) is 48.5 Å². The minimum atomic E-state index is 0.627. The molecule has 112 valence electrons. The van der Waals surface area contributed by atoms with E-state index in [1.165, 1.54) is 0 Å². The van der Waals surface area contributed by atoms with Gasteiger partial charge in [-0.15, -0.1) is 0 Å². The SMILES string of the molecule is Nc1ccc(Oc2ccnc3cc(-c4ccccc4)oc23)cc1. The van der Waals surface area contributed by atoms with Gasteiger partial charge in [0.1, 0.15) is 17.0 Å². The van der Waals surface area contributed by atoms with E-state index in [0.29, 0.717) is 22.8 Å². The number of nitrogens with zero attached hydrogens (tertiary/aromatic N) is 1. The largest absolute Gasteiger partial charge is 0.453 e. The summed E-state index contributed by atoms with van der Waals surface area (Å²) in [6.45, 7) is 0. The molecule has 0 aliphatic rings. The second-order valence-corrected chi connectivity index (χ2v) is 5.17. The van der Waals surface area contributed by atoms with Crippen molar-refractivity contribution in [1.29, 1.82) is 0 Å². The van der Waals surface area contributed by atoms with Crippen LogP contribution >= 0.6 is 0 Å². The molecule has 4 rings (SSSR count). The number of ether oxygens (including phenoxy) is 1. The van der Waals surface area contributed by atoms with Gasteiger partial charge < -0.3 is 14.9 Å². The number of hydrogen-bond donors (Lipinski definition) is 1. The minimum Gasteiger partial charge on any atom is -0.453 e. The van der Waals surface area contributed by atoms with Crippen molar-refractivity contribution >= 4 is 16.8 Å². The van der Waals surface area contributed by atoms with Gasteiger partial charge in [-0.05, 0) is 24.3 Å². The van der Waals surface area contributed by atoms with E-state index in [0.717, 1.165) is 16.8 Å². The normalized spacial score (nSPS) is 10.8. The van der Waals surface area contributed by atoms with E-state index in [4.69, 9.17) is 14.9 Å². The number of benzene rings is 2. The second kappa shape index (κ2) is 5.50. The zero-order chi connectivity index (χ0) is 15.6. The summed E-state index contributed by atoms with van der Waals surface area (Å²) in [4.78, 5) is 4.35. The Morgan fingerprint density at radius 1 is 0.913 bits per heavy atom. The number of nitrogen functional groups attached to an aromatic ring is 1. The van der Waals surface area contributed by atoms with E-state index in [1.54, 1.807) is 24.4 Å². The van der Waals surface area contributed by atoms with Crippen LogP contribution in [-0.2, 0) is 0 Å². The first kappa shape index (κ1) is 13.4. The zero-order valence-electron chi connectivity index (χ0n) is 12.3. The molecule has 4 aromatic rings. The molecular formula is C19H14N2O2. The maximum absolute atomic E-state index is 5.97. The summed E-state index contributed by atoms with van der Waals surface area (Å²) in [5.41, 5.74) is 8.78. The fourth-order valence-corrected chi connectivity index (χ4v) is 2.40. The monoisotopic (exact) mass is 302 g/mol. The number of fused-ring (bicyclic) bond motifs is 1. The molecule has 2 aromatic carbocycles. The second-order valence-electron chi connectivity index (χ2n) is 5.17. The number of anilines is 1. The van der Waals surface area contributed by atoms with Gasteiger partial charge >= 0.3 is 0 Å². The summed E-state index contributed by atoms with van der Waals surface area (Å²) in [6.07, 6.45) is 1.71. The zero-order valence-corrected chi connectivity index (χ0v) is 12.3. The third-order valence-electron chi connectivity index (χ3n) is 3.54. The molecule has 0 spiro atoms. The molecular weight excluding hydrogens is 288 g/mol. The standard InChI is InChI=1S/C19H14N2O2/c20-14-6-8-15(9-7-14)22-17-10-11-21-16-12-18(23-19(16)17)13-4-2-1-3-5-13/h1-12H,20H2. The van der Waals surface area contributed by atoms with Crippen LogP contribution in [0.4, 0.5) is 5.69 Å². The first-order valence-corrected chi connectivity index (χ1v) is 7.27. The van der Waals surface area contributed by atoms with Crippen LogP contribution in [0, 0.1) is 0 Å². The van der Waals surface area contributed by atoms with Crippen LogP contribution < -0.4 is 10.5 Å². The van der Waals surface area contributed by atoms with E-state index in [2.05, 4.69) is 4.98 Å². The molecule has 0 radical (unpaired) electrons. The fourth-order valence-electron chi connectivity index (χ4n) is 2.40. The molecule has 0 unspecified atom stereocenters. The van der Waals surface area contributed by atoms with Gasteiger partial charge in [0.05, 0.1) is 0 Å². The summed E-state index contributed by atoms with van der Waals surface area (Å²) < 4.78 is 11.9. The highest BCUT2D eigenvalue weighted by Crippen LogP contribution is 2.34. The third kappa shape index (κ3) is 2.62. The van der Waals surface area contributed by atoms with Crippen LogP contribution in [0.5, 0.6) is 11.5 Å². The van der Waals surface area contributed by atoms with E-state index in [9.17, 15) is 0 Å². The highest BCUT2D eigenvalue weighted by Gasteiger charge is 2.12. The van der Waals surface area contributed by atoms with Gasteiger partial charge in [0.25, 0.3) is 0 Å². The van der Waals surface area contributed by atoms with Gasteiger partial charge in [0, 0.05) is 29.6 Å². The van der Waals surface area contributed by atoms with Crippen molar-refractivity contribution in [2.24, 2.45) is 0 Å². The molecule has 4 heteroatoms. The minimum absolute atomic E-state index is 0.627. The van der Waals surface area contributed by atoms with Gasteiger partial charge in [0.2, 0.25) is 0 Å². The van der Waals surface area contributed by atoms with Crippen molar-refractivity contribution in [3.8, 4) is 22.8 Å². The lowest BCUT2D eigenvalue weighted by Gasteiger charge is -2.05. The van der Waals surface area contributed by atoms with Crippen LogP contribution in [-0.4, -0.2) is 4.98 Å². The van der Waals surface area contributed by atoms with Crippen molar-refractivity contribution in [3.05, 3.63) is 72.9 Å². The quantitative estimate of drug-likeness (QED) is 0.548. The van der Waals surface area contributed by atoms with E-state index < -0.39 is 0 Å². The van der Waals surface area contributed by atoms with Gasteiger partial charge in [-0.3, -0.25) is 4.98 Å². The maximum atomic E-state index is 5.97. The van der Waals surface area contributed by atoms with E-state index >= 15 is 0 Å². The Balaban J connectivity index is 1.75. The van der Waals surface area contributed by atoms with Crippen molar-refractivity contribution in [3.63, 3.8) is 0 Å². The molecule has 0 aliphatic carbocycles. The molecule has 2 N–H and O–H groups in total. The first-order chi connectivity index (χ1) is 11.3. The van der Waals surface area contributed by atoms with Crippen LogP contribution in [0.1, 0.15) is 0 Å². The Kier molecular flexibility index (Phi) is 3.20. The average Bonchev–Trinajstić information content (AvgIpc) is 3.03. The van der Waals surface area contributed by atoms with Gasteiger partial charge in [-0.2, -0.15) is 0 Å². The Bertz CT molecular complexity index is 944. The smallest absolute Gasteiger partial charge is 0.195 e. The molecule has 0 saturated heterocycles. The number of pyridine rings is 1. The van der Waals surface area contributed by atoms with E-state index in [-0.39, 0.29) is 0 Å². The number of aromatic nitrogens is 1. The number of furan rings is 1. The predicted octanol–water partition coefficient (Wildman–Crippen LogP) is 4.87. The van der Waals surface area contributed by atoms with Crippen LogP contribution in [0.3, 0.4) is 0 Å². The lowest BCUT2D eigenvalue weighted by Crippen LogP contribution is -1.87. The molecule has 23 heavy (non-hydrogen) atoms. The summed E-state index contributed by atoms with van der Waals surface area (Å²) in [5, 5.41) is 0. The van der Waals surface area contributed by atoms with Crippen LogP contribution in [0.15, 0.2) is 77.3 Å². The van der Waals surface area contributed by atoms with Crippen LogP contribution in [0.25, 0.3) is 22.4 Å². The highest BCUT2D eigenvalue weighted by atomic mass is 16.5. The molecule has 2 heterocycles. The Morgan fingerprint density at radius 2 is 1.70 bits per heavy atom. The number of hydrogen-bond acceptors (Lipinski definition) is 4. The molecule has 0 saturated carbocycles. The molecule has 0 fully saturated rings. The fraction of sp³-hybridized carbons (Fsp3) is 0. The molecule has 0 amide bonds. The summed E-state index contributed by atoms with van der Waals surface area (Å²) >= 11 is 0. The topological polar surface area (TPSA) is 61.3 Å².